The third-order valence-electron chi connectivity index (χ3n) is 4.34. The molecule has 0 aromatic rings. The minimum absolute atomic E-state index is 0.212. The molecular formula is C15H25NO4. The van der Waals surface area contributed by atoms with Crippen molar-refractivity contribution >= 4 is 12.1 Å². The lowest BCUT2D eigenvalue weighted by Crippen LogP contribution is -2.46. The first-order chi connectivity index (χ1) is 9.22. The van der Waals surface area contributed by atoms with Crippen LogP contribution in [0.3, 0.4) is 0 Å². The maximum atomic E-state index is 11.9. The molecule has 2 fully saturated rings. The van der Waals surface area contributed by atoms with Gasteiger partial charge in [-0.3, -0.25) is 4.79 Å². The van der Waals surface area contributed by atoms with E-state index >= 15 is 0 Å². The smallest absolute Gasteiger partial charge is 0.408 e. The Balaban J connectivity index is 1.94. The van der Waals surface area contributed by atoms with Gasteiger partial charge in [-0.15, -0.1) is 0 Å². The highest BCUT2D eigenvalue weighted by Crippen LogP contribution is 2.49. The Bertz CT molecular complexity index is 395. The number of hydrogen-bond acceptors (Lipinski definition) is 3. The zero-order chi connectivity index (χ0) is 15.0. The minimum atomic E-state index is -0.706. The van der Waals surface area contributed by atoms with Gasteiger partial charge in [-0.25, -0.2) is 4.79 Å². The molecule has 1 amide bonds. The van der Waals surface area contributed by atoms with Gasteiger partial charge < -0.3 is 15.2 Å². The van der Waals surface area contributed by atoms with E-state index in [4.69, 9.17) is 9.84 Å². The average Bonchev–Trinajstić information content (AvgIpc) is 3.07. The Morgan fingerprint density at radius 2 is 1.90 bits per heavy atom. The van der Waals surface area contributed by atoms with E-state index in [1.165, 1.54) is 0 Å². The van der Waals surface area contributed by atoms with Crippen LogP contribution in [0, 0.1) is 11.8 Å². The van der Waals surface area contributed by atoms with Gasteiger partial charge >= 0.3 is 12.1 Å². The van der Waals surface area contributed by atoms with Gasteiger partial charge in [0, 0.05) is 5.54 Å². The molecule has 0 aromatic heterocycles. The molecule has 2 aliphatic rings. The summed E-state index contributed by atoms with van der Waals surface area (Å²) >= 11 is 0. The molecule has 2 atom stereocenters. The quantitative estimate of drug-likeness (QED) is 0.835. The van der Waals surface area contributed by atoms with Crippen LogP contribution in [0.4, 0.5) is 4.79 Å². The highest BCUT2D eigenvalue weighted by Gasteiger charge is 2.52. The highest BCUT2D eigenvalue weighted by molar-refractivity contribution is 5.71. The number of carboxylic acids is 1. The molecule has 0 aliphatic heterocycles. The second-order valence-corrected chi connectivity index (χ2v) is 7.18. The summed E-state index contributed by atoms with van der Waals surface area (Å²) in [5.41, 5.74) is -0.715. The Morgan fingerprint density at radius 3 is 2.40 bits per heavy atom. The largest absolute Gasteiger partial charge is 0.481 e. The number of carbonyl (C=O) groups is 2. The van der Waals surface area contributed by atoms with E-state index in [1.54, 1.807) is 0 Å². The standard InChI is InChI=1S/C15H25NO4/c1-14(2,3)20-13(19)16-15(7-8-15)11-6-4-5-10(9-11)12(17)18/h10-11H,4-9H2,1-3H3,(H,16,19)(H,17,18). The van der Waals surface area contributed by atoms with Crippen LogP contribution in [0.1, 0.15) is 59.3 Å². The van der Waals surface area contributed by atoms with Gasteiger partial charge in [0.25, 0.3) is 0 Å². The highest BCUT2D eigenvalue weighted by atomic mass is 16.6. The van der Waals surface area contributed by atoms with Gasteiger partial charge in [0.2, 0.25) is 0 Å². The van der Waals surface area contributed by atoms with Crippen LogP contribution < -0.4 is 5.32 Å². The molecule has 0 bridgehead atoms. The number of hydrogen-bond donors (Lipinski definition) is 2. The summed E-state index contributed by atoms with van der Waals surface area (Å²) in [4.78, 5) is 23.1. The van der Waals surface area contributed by atoms with Gasteiger partial charge in [-0.05, 0) is 58.8 Å². The normalized spacial score (nSPS) is 28.6. The van der Waals surface area contributed by atoms with Gasteiger partial charge in [0.05, 0.1) is 5.92 Å². The van der Waals surface area contributed by atoms with Crippen LogP contribution in [-0.4, -0.2) is 28.3 Å². The van der Waals surface area contributed by atoms with Crippen molar-refractivity contribution in [2.45, 2.75) is 70.4 Å². The molecule has 0 radical (unpaired) electrons. The molecule has 2 saturated carbocycles. The SMILES string of the molecule is CC(C)(C)OC(=O)NC1(C2CCCC(C(=O)O)C2)CC1. The maximum Gasteiger partial charge on any atom is 0.408 e. The molecule has 5 heteroatoms. The third-order valence-corrected chi connectivity index (χ3v) is 4.34. The van der Waals surface area contributed by atoms with Crippen molar-refractivity contribution in [3.8, 4) is 0 Å². The summed E-state index contributed by atoms with van der Waals surface area (Å²) < 4.78 is 5.31. The Hall–Kier alpha value is -1.26. The molecule has 5 nitrogen and oxygen atoms in total. The van der Waals surface area contributed by atoms with E-state index in [1.807, 2.05) is 20.8 Å². The first kappa shape index (κ1) is 15.1. The van der Waals surface area contributed by atoms with E-state index in [0.717, 1.165) is 32.1 Å². The van der Waals surface area contributed by atoms with E-state index < -0.39 is 11.6 Å². The summed E-state index contributed by atoms with van der Waals surface area (Å²) in [5, 5.41) is 12.2. The van der Waals surface area contributed by atoms with Crippen molar-refractivity contribution in [3.05, 3.63) is 0 Å². The predicted molar refractivity (Wildman–Crippen MR) is 74.4 cm³/mol. The summed E-state index contributed by atoms with van der Waals surface area (Å²) in [7, 11) is 0. The molecule has 2 unspecified atom stereocenters. The fourth-order valence-corrected chi connectivity index (χ4v) is 3.19. The number of aliphatic carboxylic acids is 1. The van der Waals surface area contributed by atoms with E-state index in [-0.39, 0.29) is 23.5 Å². The summed E-state index contributed by atoms with van der Waals surface area (Å²) in [6.07, 6.45) is 4.85. The van der Waals surface area contributed by atoms with Crippen LogP contribution >= 0.6 is 0 Å². The van der Waals surface area contributed by atoms with E-state index in [9.17, 15) is 9.59 Å². The Kier molecular flexibility index (Phi) is 3.98. The predicted octanol–water partition coefficient (Wildman–Crippen LogP) is 2.93. The molecule has 2 aliphatic carbocycles. The van der Waals surface area contributed by atoms with Crippen molar-refractivity contribution in [2.24, 2.45) is 11.8 Å². The summed E-state index contributed by atoms with van der Waals surface area (Å²) in [6.45, 7) is 5.52. The van der Waals surface area contributed by atoms with Crippen molar-refractivity contribution in [2.75, 3.05) is 0 Å². The first-order valence-electron chi connectivity index (χ1n) is 7.46. The zero-order valence-corrected chi connectivity index (χ0v) is 12.6. The zero-order valence-electron chi connectivity index (χ0n) is 12.6. The van der Waals surface area contributed by atoms with Crippen LogP contribution in [0.5, 0.6) is 0 Å². The number of amides is 1. The summed E-state index contributed by atoms with van der Waals surface area (Å²) in [5.74, 6) is -0.695. The Morgan fingerprint density at radius 1 is 1.25 bits per heavy atom. The molecule has 2 rings (SSSR count). The van der Waals surface area contributed by atoms with Gasteiger partial charge in [-0.1, -0.05) is 6.42 Å². The van der Waals surface area contributed by atoms with Crippen LogP contribution in [-0.2, 0) is 9.53 Å². The van der Waals surface area contributed by atoms with Crippen LogP contribution in [0.2, 0.25) is 0 Å². The number of nitrogens with one attached hydrogen (secondary N) is 1. The number of carbonyl (C=O) groups excluding carboxylic acids is 1. The van der Waals surface area contributed by atoms with E-state index in [2.05, 4.69) is 5.32 Å². The Labute approximate surface area is 120 Å². The molecule has 0 heterocycles. The molecule has 0 spiro atoms. The lowest BCUT2D eigenvalue weighted by atomic mass is 9.76. The second-order valence-electron chi connectivity index (χ2n) is 7.18. The molecule has 0 saturated heterocycles. The maximum absolute atomic E-state index is 11.9. The lowest BCUT2D eigenvalue weighted by Gasteiger charge is -2.34. The van der Waals surface area contributed by atoms with Crippen LogP contribution in [0.15, 0.2) is 0 Å². The molecular weight excluding hydrogens is 258 g/mol. The third kappa shape index (κ3) is 3.64. The number of ether oxygens (including phenoxy) is 1. The van der Waals surface area contributed by atoms with Crippen molar-refractivity contribution in [1.29, 1.82) is 0 Å². The topological polar surface area (TPSA) is 75.6 Å². The monoisotopic (exact) mass is 283 g/mol. The molecule has 20 heavy (non-hydrogen) atoms. The molecule has 114 valence electrons. The lowest BCUT2D eigenvalue weighted by molar-refractivity contribution is -0.143. The molecule has 0 aromatic carbocycles. The number of rotatable bonds is 3. The van der Waals surface area contributed by atoms with Gasteiger partial charge in [0.1, 0.15) is 5.60 Å². The van der Waals surface area contributed by atoms with Crippen molar-refractivity contribution < 1.29 is 19.4 Å². The van der Waals surface area contributed by atoms with Crippen molar-refractivity contribution in [1.82, 2.24) is 5.32 Å². The fraction of sp³-hybridized carbons (Fsp3) is 0.867. The van der Waals surface area contributed by atoms with Gasteiger partial charge in [-0.2, -0.15) is 0 Å². The second kappa shape index (κ2) is 5.26. The fourth-order valence-electron chi connectivity index (χ4n) is 3.19. The van der Waals surface area contributed by atoms with E-state index in [0.29, 0.717) is 6.42 Å². The first-order valence-corrected chi connectivity index (χ1v) is 7.46. The number of carboxylic acid groups (broad SMARTS) is 1. The van der Waals surface area contributed by atoms with Crippen LogP contribution in [0.25, 0.3) is 0 Å². The van der Waals surface area contributed by atoms with Crippen molar-refractivity contribution in [3.63, 3.8) is 0 Å². The van der Waals surface area contributed by atoms with Gasteiger partial charge in [0.15, 0.2) is 0 Å². The number of alkyl carbamates (subject to hydrolysis) is 1. The summed E-state index contributed by atoms with van der Waals surface area (Å²) in [6, 6.07) is 0. The minimum Gasteiger partial charge on any atom is -0.481 e. The molecule has 2 N–H and O–H groups in total. The average molecular weight is 283 g/mol.